The summed E-state index contributed by atoms with van der Waals surface area (Å²) in [6.07, 6.45) is 1.28. The molecular formula is C30H37N3O6S. The summed E-state index contributed by atoms with van der Waals surface area (Å²) in [6.45, 7) is 3.71. The fourth-order valence-electron chi connectivity index (χ4n) is 4.44. The first-order valence-electron chi connectivity index (χ1n) is 12.9. The summed E-state index contributed by atoms with van der Waals surface area (Å²) in [5.74, 6) is -0.201. The van der Waals surface area contributed by atoms with E-state index in [1.807, 2.05) is 68.4 Å². The SMILES string of the molecule is CCNC(=O)C(Cc1ccccc1)N(Cc1cccc(C)c1)C(=O)CN(c1cc(OC)ccc1OC)S(C)(=O)=O. The van der Waals surface area contributed by atoms with Gasteiger partial charge in [0, 0.05) is 25.6 Å². The summed E-state index contributed by atoms with van der Waals surface area (Å²) in [5, 5.41) is 2.85. The van der Waals surface area contributed by atoms with E-state index < -0.39 is 28.5 Å². The van der Waals surface area contributed by atoms with Gasteiger partial charge in [0.25, 0.3) is 0 Å². The smallest absolute Gasteiger partial charge is 0.244 e. The predicted molar refractivity (Wildman–Crippen MR) is 156 cm³/mol. The van der Waals surface area contributed by atoms with E-state index in [0.717, 1.165) is 27.3 Å². The van der Waals surface area contributed by atoms with Crippen molar-refractivity contribution < 1.29 is 27.5 Å². The van der Waals surface area contributed by atoms with Crippen LogP contribution < -0.4 is 19.1 Å². The fourth-order valence-corrected chi connectivity index (χ4v) is 5.28. The molecule has 214 valence electrons. The van der Waals surface area contributed by atoms with E-state index in [-0.39, 0.29) is 30.3 Å². The topological polar surface area (TPSA) is 105 Å². The first-order chi connectivity index (χ1) is 19.1. The standard InChI is InChI=1S/C30H37N3O6S/c1-6-31-30(35)27(18-23-12-8-7-9-13-23)32(20-24-14-10-11-22(2)17-24)29(34)21-33(40(5,36)37)26-19-25(38-3)15-16-28(26)39-4/h7-17,19,27H,6,18,20-21H2,1-5H3,(H,31,35). The fraction of sp³-hybridized carbons (Fsp3) is 0.333. The van der Waals surface area contributed by atoms with Gasteiger partial charge in [-0.15, -0.1) is 0 Å². The number of methoxy groups -OCH3 is 2. The Morgan fingerprint density at radius 2 is 1.62 bits per heavy atom. The molecule has 3 aromatic carbocycles. The van der Waals surface area contributed by atoms with Crippen LogP contribution in [0.15, 0.2) is 72.8 Å². The van der Waals surface area contributed by atoms with Crippen molar-refractivity contribution in [3.05, 3.63) is 89.5 Å². The number of benzene rings is 3. The van der Waals surface area contributed by atoms with Crippen molar-refractivity contribution in [3.63, 3.8) is 0 Å². The molecular weight excluding hydrogens is 530 g/mol. The Balaban J connectivity index is 2.09. The van der Waals surface area contributed by atoms with Crippen molar-refractivity contribution in [2.24, 2.45) is 0 Å². The van der Waals surface area contributed by atoms with E-state index in [1.165, 1.54) is 25.2 Å². The van der Waals surface area contributed by atoms with Crippen molar-refractivity contribution in [2.75, 3.05) is 37.9 Å². The number of carbonyl (C=O) groups is 2. The highest BCUT2D eigenvalue weighted by Crippen LogP contribution is 2.34. The molecule has 1 N–H and O–H groups in total. The minimum Gasteiger partial charge on any atom is -0.497 e. The zero-order valence-electron chi connectivity index (χ0n) is 23.6. The number of anilines is 1. The Hall–Kier alpha value is -4.05. The third-order valence-electron chi connectivity index (χ3n) is 6.39. The zero-order chi connectivity index (χ0) is 29.3. The number of hydrogen-bond donors (Lipinski definition) is 1. The summed E-state index contributed by atoms with van der Waals surface area (Å²) in [5.41, 5.74) is 2.85. The third kappa shape index (κ3) is 7.98. The molecule has 0 radical (unpaired) electrons. The van der Waals surface area contributed by atoms with E-state index in [9.17, 15) is 18.0 Å². The minimum absolute atomic E-state index is 0.113. The second-order valence-electron chi connectivity index (χ2n) is 9.42. The Bertz CT molecular complexity index is 1410. The normalized spacial score (nSPS) is 11.8. The summed E-state index contributed by atoms with van der Waals surface area (Å²) in [4.78, 5) is 29.0. The van der Waals surface area contributed by atoms with Crippen molar-refractivity contribution in [1.29, 1.82) is 0 Å². The number of aryl methyl sites for hydroxylation is 1. The molecule has 2 amide bonds. The highest BCUT2D eigenvalue weighted by molar-refractivity contribution is 7.92. The molecule has 0 heterocycles. The lowest BCUT2D eigenvalue weighted by molar-refractivity contribution is -0.140. The van der Waals surface area contributed by atoms with Crippen LogP contribution in [0.5, 0.6) is 11.5 Å². The number of sulfonamides is 1. The molecule has 0 aliphatic carbocycles. The van der Waals surface area contributed by atoms with Crippen LogP contribution in [0.4, 0.5) is 5.69 Å². The molecule has 0 saturated heterocycles. The molecule has 40 heavy (non-hydrogen) atoms. The van der Waals surface area contributed by atoms with Crippen LogP contribution in [0, 0.1) is 6.92 Å². The van der Waals surface area contributed by atoms with E-state index in [4.69, 9.17) is 9.47 Å². The summed E-state index contributed by atoms with van der Waals surface area (Å²) in [6, 6.07) is 20.9. The average Bonchev–Trinajstić information content (AvgIpc) is 2.93. The number of likely N-dealkylation sites (N-methyl/N-ethyl adjacent to an activating group) is 1. The minimum atomic E-state index is -3.95. The lowest BCUT2D eigenvalue weighted by atomic mass is 10.0. The van der Waals surface area contributed by atoms with E-state index in [2.05, 4.69) is 5.32 Å². The van der Waals surface area contributed by atoms with E-state index >= 15 is 0 Å². The van der Waals surface area contributed by atoms with Gasteiger partial charge in [0.2, 0.25) is 21.8 Å². The van der Waals surface area contributed by atoms with Crippen molar-refractivity contribution in [1.82, 2.24) is 10.2 Å². The second-order valence-corrected chi connectivity index (χ2v) is 11.3. The first kappa shape index (κ1) is 30.5. The number of hydrogen-bond acceptors (Lipinski definition) is 6. The van der Waals surface area contributed by atoms with Crippen LogP contribution in [0.25, 0.3) is 0 Å². The highest BCUT2D eigenvalue weighted by Gasteiger charge is 2.33. The zero-order valence-corrected chi connectivity index (χ0v) is 24.4. The van der Waals surface area contributed by atoms with Crippen LogP contribution in [0.3, 0.4) is 0 Å². The van der Waals surface area contributed by atoms with Gasteiger partial charge in [-0.1, -0.05) is 60.2 Å². The Morgan fingerprint density at radius 3 is 2.23 bits per heavy atom. The highest BCUT2D eigenvalue weighted by atomic mass is 32.2. The maximum absolute atomic E-state index is 14.1. The monoisotopic (exact) mass is 567 g/mol. The van der Waals surface area contributed by atoms with Gasteiger partial charge < -0.3 is 19.7 Å². The van der Waals surface area contributed by atoms with E-state index in [1.54, 1.807) is 12.1 Å². The molecule has 0 aliphatic heterocycles. The molecule has 1 unspecified atom stereocenters. The largest absolute Gasteiger partial charge is 0.497 e. The molecule has 0 bridgehead atoms. The molecule has 3 rings (SSSR count). The predicted octanol–water partition coefficient (Wildman–Crippen LogP) is 3.55. The number of nitrogens with zero attached hydrogens (tertiary/aromatic N) is 2. The van der Waals surface area contributed by atoms with Gasteiger partial charge in [-0.25, -0.2) is 8.42 Å². The third-order valence-corrected chi connectivity index (χ3v) is 7.52. The first-order valence-corrected chi connectivity index (χ1v) is 14.8. The van der Waals surface area contributed by atoms with Crippen LogP contribution >= 0.6 is 0 Å². The maximum Gasteiger partial charge on any atom is 0.244 e. The molecule has 0 spiro atoms. The summed E-state index contributed by atoms with van der Waals surface area (Å²) >= 11 is 0. The van der Waals surface area contributed by atoms with Crippen LogP contribution in [0.2, 0.25) is 0 Å². The Kier molecular flexibility index (Phi) is 10.6. The molecule has 1 atom stereocenters. The number of carbonyl (C=O) groups excluding carboxylic acids is 2. The van der Waals surface area contributed by atoms with Crippen LogP contribution in [-0.2, 0) is 32.6 Å². The summed E-state index contributed by atoms with van der Waals surface area (Å²) < 4.78 is 37.8. The van der Waals surface area contributed by atoms with Gasteiger partial charge in [0.15, 0.2) is 0 Å². The Labute approximate surface area is 236 Å². The molecule has 10 heteroatoms. The lowest BCUT2D eigenvalue weighted by Gasteiger charge is -2.33. The van der Waals surface area contributed by atoms with Gasteiger partial charge in [-0.05, 0) is 37.1 Å². The maximum atomic E-state index is 14.1. The van der Waals surface area contributed by atoms with Gasteiger partial charge in [0.05, 0.1) is 26.2 Å². The van der Waals surface area contributed by atoms with Gasteiger partial charge in [-0.2, -0.15) is 0 Å². The van der Waals surface area contributed by atoms with Crippen LogP contribution in [0.1, 0.15) is 23.6 Å². The van der Waals surface area contributed by atoms with Crippen molar-refractivity contribution in [3.8, 4) is 11.5 Å². The number of rotatable bonds is 13. The van der Waals surface area contributed by atoms with Gasteiger partial charge in [0.1, 0.15) is 24.1 Å². The Morgan fingerprint density at radius 1 is 0.925 bits per heavy atom. The molecule has 0 saturated carbocycles. The molecule has 9 nitrogen and oxygen atoms in total. The van der Waals surface area contributed by atoms with Crippen molar-refractivity contribution in [2.45, 2.75) is 32.9 Å². The second kappa shape index (κ2) is 13.8. The molecule has 0 aliphatic rings. The van der Waals surface area contributed by atoms with Gasteiger partial charge in [-0.3, -0.25) is 13.9 Å². The van der Waals surface area contributed by atoms with Gasteiger partial charge >= 0.3 is 0 Å². The quantitative estimate of drug-likeness (QED) is 0.339. The summed E-state index contributed by atoms with van der Waals surface area (Å²) in [7, 11) is -1.07. The average molecular weight is 568 g/mol. The molecule has 0 fully saturated rings. The van der Waals surface area contributed by atoms with Crippen LogP contribution in [-0.4, -0.2) is 64.7 Å². The van der Waals surface area contributed by atoms with E-state index in [0.29, 0.717) is 12.3 Å². The van der Waals surface area contributed by atoms with Crippen molar-refractivity contribution >= 4 is 27.5 Å². The lowest BCUT2D eigenvalue weighted by Crippen LogP contribution is -2.53. The molecule has 0 aromatic heterocycles. The number of amides is 2. The molecule has 3 aromatic rings. The number of ether oxygens (including phenoxy) is 2. The number of nitrogens with one attached hydrogen (secondary N) is 1.